The van der Waals surface area contributed by atoms with Crippen LogP contribution < -0.4 is 16.6 Å². The number of hydrogen-bond donors (Lipinski definition) is 3. The van der Waals surface area contributed by atoms with Gasteiger partial charge >= 0.3 is 0 Å². The van der Waals surface area contributed by atoms with Crippen molar-refractivity contribution in [1.82, 2.24) is 0 Å². The summed E-state index contributed by atoms with van der Waals surface area (Å²) in [5.74, 6) is 6.05. The molecule has 0 aliphatic rings. The Labute approximate surface area is 116 Å². The summed E-state index contributed by atoms with van der Waals surface area (Å²) in [6.45, 7) is 0. The summed E-state index contributed by atoms with van der Waals surface area (Å²) >= 11 is 0. The number of aldehydes is 1. The monoisotopic (exact) mass is 269 g/mol. The molecule has 0 heterocycles. The molecule has 5 nitrogen and oxygen atoms in total. The second kappa shape index (κ2) is 5.90. The predicted molar refractivity (Wildman–Crippen MR) is 78.8 cm³/mol. The predicted octanol–water partition coefficient (Wildman–Crippen LogP) is 1.84. The highest BCUT2D eigenvalue weighted by molar-refractivity contribution is 5.76. The number of hydrogen-bond acceptors (Lipinski definition) is 5. The van der Waals surface area contributed by atoms with E-state index in [1.807, 2.05) is 0 Å². The van der Waals surface area contributed by atoms with Crippen molar-refractivity contribution in [3.05, 3.63) is 65.9 Å². The second-order valence-electron chi connectivity index (χ2n) is 4.25. The summed E-state index contributed by atoms with van der Waals surface area (Å²) in [4.78, 5) is 10.6. The first-order valence-electron chi connectivity index (χ1n) is 5.96. The van der Waals surface area contributed by atoms with Crippen molar-refractivity contribution in [3.8, 4) is 5.75 Å². The SMILES string of the molecule is N/C(=C\N(N)c1ccc(O)cc1)c1ccc(C=O)cc1. The van der Waals surface area contributed by atoms with E-state index in [-0.39, 0.29) is 5.75 Å². The van der Waals surface area contributed by atoms with Crippen LogP contribution in [0.1, 0.15) is 15.9 Å². The molecule has 0 bridgehead atoms. The maximum atomic E-state index is 10.6. The Kier molecular flexibility index (Phi) is 4.02. The molecule has 0 spiro atoms. The van der Waals surface area contributed by atoms with Crippen molar-refractivity contribution in [2.24, 2.45) is 11.6 Å². The number of rotatable bonds is 4. The van der Waals surface area contributed by atoms with Crippen LogP contribution in [-0.4, -0.2) is 11.4 Å². The third kappa shape index (κ3) is 3.15. The number of phenols is 1. The maximum Gasteiger partial charge on any atom is 0.150 e. The summed E-state index contributed by atoms with van der Waals surface area (Å²) < 4.78 is 0. The quantitative estimate of drug-likeness (QED) is 0.447. The third-order valence-corrected chi connectivity index (χ3v) is 2.81. The highest BCUT2D eigenvalue weighted by Gasteiger charge is 2.02. The molecular formula is C15H15N3O2. The van der Waals surface area contributed by atoms with Gasteiger partial charge in [0.25, 0.3) is 0 Å². The average molecular weight is 269 g/mol. The molecule has 2 rings (SSSR count). The largest absolute Gasteiger partial charge is 0.508 e. The minimum atomic E-state index is 0.170. The Morgan fingerprint density at radius 1 is 1.05 bits per heavy atom. The molecule has 0 saturated carbocycles. The minimum absolute atomic E-state index is 0.170. The van der Waals surface area contributed by atoms with Crippen LogP contribution in [0.15, 0.2) is 54.7 Å². The van der Waals surface area contributed by atoms with Crippen LogP contribution in [0, 0.1) is 0 Å². The zero-order chi connectivity index (χ0) is 14.5. The van der Waals surface area contributed by atoms with E-state index in [0.717, 1.165) is 11.8 Å². The van der Waals surface area contributed by atoms with Gasteiger partial charge in [0.05, 0.1) is 11.4 Å². The molecule has 0 aromatic heterocycles. The number of carbonyl (C=O) groups excluding carboxylic acids is 1. The summed E-state index contributed by atoms with van der Waals surface area (Å²) in [7, 11) is 0. The highest BCUT2D eigenvalue weighted by atomic mass is 16.3. The number of benzene rings is 2. The highest BCUT2D eigenvalue weighted by Crippen LogP contribution is 2.18. The van der Waals surface area contributed by atoms with Gasteiger partial charge < -0.3 is 10.8 Å². The standard InChI is InChI=1S/C15H15N3O2/c16-15(12-3-1-11(10-19)2-4-12)9-18(17)13-5-7-14(20)8-6-13/h1-10,20H,16-17H2/b15-9-. The van der Waals surface area contributed by atoms with Gasteiger partial charge in [-0.15, -0.1) is 0 Å². The fraction of sp³-hybridized carbons (Fsp3) is 0. The number of nitrogens with two attached hydrogens (primary N) is 2. The van der Waals surface area contributed by atoms with Crippen molar-refractivity contribution in [1.29, 1.82) is 0 Å². The summed E-state index contributed by atoms with van der Waals surface area (Å²) in [6.07, 6.45) is 2.34. The Balaban J connectivity index is 2.19. The van der Waals surface area contributed by atoms with Gasteiger partial charge in [-0.1, -0.05) is 24.3 Å². The van der Waals surface area contributed by atoms with E-state index >= 15 is 0 Å². The molecule has 5 N–H and O–H groups in total. The van der Waals surface area contributed by atoms with Gasteiger partial charge in [0, 0.05) is 11.8 Å². The zero-order valence-corrected chi connectivity index (χ0v) is 10.7. The van der Waals surface area contributed by atoms with Gasteiger partial charge in [-0.05, 0) is 29.8 Å². The third-order valence-electron chi connectivity index (χ3n) is 2.81. The van der Waals surface area contributed by atoms with E-state index in [4.69, 9.17) is 11.6 Å². The first kappa shape index (κ1) is 13.6. The minimum Gasteiger partial charge on any atom is -0.508 e. The van der Waals surface area contributed by atoms with Crippen molar-refractivity contribution in [2.45, 2.75) is 0 Å². The normalized spacial score (nSPS) is 11.2. The molecule has 0 amide bonds. The van der Waals surface area contributed by atoms with Crippen LogP contribution in [0.25, 0.3) is 5.70 Å². The maximum absolute atomic E-state index is 10.6. The molecule has 0 unspecified atom stereocenters. The van der Waals surface area contributed by atoms with Gasteiger partial charge in [-0.2, -0.15) is 0 Å². The number of hydrazine groups is 1. The molecule has 0 fully saturated rings. The van der Waals surface area contributed by atoms with Crippen LogP contribution in [0.3, 0.4) is 0 Å². The Morgan fingerprint density at radius 3 is 2.20 bits per heavy atom. The van der Waals surface area contributed by atoms with E-state index in [0.29, 0.717) is 16.9 Å². The molecule has 20 heavy (non-hydrogen) atoms. The number of anilines is 1. The lowest BCUT2D eigenvalue weighted by atomic mass is 10.1. The zero-order valence-electron chi connectivity index (χ0n) is 10.7. The van der Waals surface area contributed by atoms with Gasteiger partial charge in [0.1, 0.15) is 12.0 Å². The van der Waals surface area contributed by atoms with Crippen molar-refractivity contribution >= 4 is 17.7 Å². The van der Waals surface area contributed by atoms with E-state index < -0.39 is 0 Å². The lowest BCUT2D eigenvalue weighted by Gasteiger charge is -2.15. The Bertz CT molecular complexity index is 619. The van der Waals surface area contributed by atoms with Crippen LogP contribution in [0.2, 0.25) is 0 Å². The molecule has 0 radical (unpaired) electrons. The van der Waals surface area contributed by atoms with E-state index in [9.17, 15) is 9.90 Å². The fourth-order valence-corrected chi connectivity index (χ4v) is 1.68. The van der Waals surface area contributed by atoms with E-state index in [1.165, 1.54) is 17.1 Å². The number of nitrogens with zero attached hydrogens (tertiary/aromatic N) is 1. The smallest absolute Gasteiger partial charge is 0.150 e. The fourth-order valence-electron chi connectivity index (χ4n) is 1.68. The summed E-state index contributed by atoms with van der Waals surface area (Å²) in [5.41, 5.74) is 8.47. The van der Waals surface area contributed by atoms with Gasteiger partial charge in [-0.3, -0.25) is 9.80 Å². The van der Waals surface area contributed by atoms with Crippen molar-refractivity contribution < 1.29 is 9.90 Å². The van der Waals surface area contributed by atoms with Gasteiger partial charge in [-0.25, -0.2) is 5.84 Å². The Hall–Kier alpha value is -2.79. The van der Waals surface area contributed by atoms with Crippen LogP contribution in [-0.2, 0) is 0 Å². The van der Waals surface area contributed by atoms with Gasteiger partial charge in [0.2, 0.25) is 0 Å². The van der Waals surface area contributed by atoms with Crippen LogP contribution >= 0.6 is 0 Å². The number of aromatic hydroxyl groups is 1. The summed E-state index contributed by atoms with van der Waals surface area (Å²) in [6, 6.07) is 13.3. The van der Waals surface area contributed by atoms with Crippen LogP contribution in [0.4, 0.5) is 5.69 Å². The number of carbonyl (C=O) groups is 1. The van der Waals surface area contributed by atoms with Crippen molar-refractivity contribution in [2.75, 3.05) is 5.01 Å². The average Bonchev–Trinajstić information content (AvgIpc) is 2.48. The molecule has 0 aliphatic carbocycles. The second-order valence-corrected chi connectivity index (χ2v) is 4.25. The molecular weight excluding hydrogens is 254 g/mol. The van der Waals surface area contributed by atoms with E-state index in [1.54, 1.807) is 42.6 Å². The van der Waals surface area contributed by atoms with Gasteiger partial charge in [0.15, 0.2) is 0 Å². The molecule has 5 heteroatoms. The lowest BCUT2D eigenvalue weighted by molar-refractivity contribution is 0.112. The van der Waals surface area contributed by atoms with Crippen LogP contribution in [0.5, 0.6) is 5.75 Å². The Morgan fingerprint density at radius 2 is 1.65 bits per heavy atom. The first-order chi connectivity index (χ1) is 9.60. The number of phenolic OH excluding ortho intramolecular Hbond substituents is 1. The molecule has 0 saturated heterocycles. The lowest BCUT2D eigenvalue weighted by Crippen LogP contribution is -2.25. The molecule has 0 aliphatic heterocycles. The molecule has 2 aromatic carbocycles. The topological polar surface area (TPSA) is 92.6 Å². The molecule has 0 atom stereocenters. The first-order valence-corrected chi connectivity index (χ1v) is 5.96. The van der Waals surface area contributed by atoms with E-state index in [2.05, 4.69) is 0 Å². The molecule has 2 aromatic rings. The van der Waals surface area contributed by atoms with Crippen molar-refractivity contribution in [3.63, 3.8) is 0 Å². The molecule has 102 valence electrons. The summed E-state index contributed by atoms with van der Waals surface area (Å²) in [5, 5.41) is 10.6.